The van der Waals surface area contributed by atoms with Crippen LogP contribution in [0.5, 0.6) is 0 Å². The maximum Gasteiger partial charge on any atom is 0.472 e. The number of carbonyl (C=O) groups is 2. The summed E-state index contributed by atoms with van der Waals surface area (Å²) in [6.45, 7) is 3.69. The molecular weight excluding hydrogens is 605 g/mol. The molecule has 1 unspecified atom stereocenters. The predicted octanol–water partition coefficient (Wildman–Crippen LogP) is 9.88. The molecule has 0 saturated heterocycles. The molecule has 3 N–H and O–H groups in total. The first-order valence-corrected chi connectivity index (χ1v) is 20.2. The second-order valence-corrected chi connectivity index (χ2v) is 13.9. The van der Waals surface area contributed by atoms with Gasteiger partial charge in [-0.05, 0) is 38.5 Å². The van der Waals surface area contributed by atoms with Gasteiger partial charge in [-0.1, -0.05) is 135 Å². The van der Waals surface area contributed by atoms with Gasteiger partial charge in [-0.2, -0.15) is 0 Å². The van der Waals surface area contributed by atoms with Crippen molar-refractivity contribution in [3.8, 4) is 0 Å². The standard InChI is InChI=1S/C36H70NO8P/c1-3-5-7-9-11-13-15-16-17-18-19-21-23-25-27-29-36(39)45-34(33-44-46(40,41)43-31-30-37)32-42-35(38)28-26-24-22-20-14-12-10-8-6-4-2/h19,21,34H,3-18,20,22-33,37H2,1-2H3,(H,40,41)/b21-19+/t34-/m1/s1. The van der Waals surface area contributed by atoms with Gasteiger partial charge in [-0.3, -0.25) is 18.6 Å². The van der Waals surface area contributed by atoms with Crippen molar-refractivity contribution in [1.29, 1.82) is 0 Å². The molecule has 0 aliphatic heterocycles. The van der Waals surface area contributed by atoms with Crippen LogP contribution in [0.2, 0.25) is 0 Å². The van der Waals surface area contributed by atoms with Crippen LogP contribution in [0.3, 0.4) is 0 Å². The summed E-state index contributed by atoms with van der Waals surface area (Å²) in [5.41, 5.74) is 5.32. The Bertz CT molecular complexity index is 779. The molecule has 9 nitrogen and oxygen atoms in total. The van der Waals surface area contributed by atoms with Crippen molar-refractivity contribution < 1.29 is 37.6 Å². The number of phosphoric ester groups is 1. The van der Waals surface area contributed by atoms with Crippen LogP contribution in [-0.4, -0.2) is 49.3 Å². The fraction of sp³-hybridized carbons (Fsp3) is 0.889. The lowest BCUT2D eigenvalue weighted by Gasteiger charge is -2.19. The molecule has 0 amide bonds. The first-order valence-electron chi connectivity index (χ1n) is 18.7. The van der Waals surface area contributed by atoms with Crippen LogP contribution >= 0.6 is 7.82 Å². The van der Waals surface area contributed by atoms with Crippen LogP contribution in [0.25, 0.3) is 0 Å². The van der Waals surface area contributed by atoms with Crippen molar-refractivity contribution in [2.45, 2.75) is 180 Å². The normalized spacial score (nSPS) is 13.6. The Morgan fingerprint density at radius 2 is 1.07 bits per heavy atom. The van der Waals surface area contributed by atoms with Crippen molar-refractivity contribution in [1.82, 2.24) is 0 Å². The summed E-state index contributed by atoms with van der Waals surface area (Å²) >= 11 is 0. The number of hydrogen-bond donors (Lipinski definition) is 2. The Labute approximate surface area is 281 Å². The minimum Gasteiger partial charge on any atom is -0.462 e. The number of hydrogen-bond acceptors (Lipinski definition) is 8. The minimum absolute atomic E-state index is 0.0529. The number of carbonyl (C=O) groups excluding carboxylic acids is 2. The third-order valence-corrected chi connectivity index (χ3v) is 8.89. The molecule has 0 saturated carbocycles. The minimum atomic E-state index is -4.37. The summed E-state index contributed by atoms with van der Waals surface area (Å²) in [6.07, 6.45) is 31.0. The highest BCUT2D eigenvalue weighted by atomic mass is 31.2. The highest BCUT2D eigenvalue weighted by Gasteiger charge is 2.25. The SMILES string of the molecule is CCCCCCCCCCC/C=C/CCCCC(=O)O[C@H](COC(=O)CCCCCCCCCCCC)COP(=O)(O)OCCN. The maximum atomic E-state index is 12.5. The average molecular weight is 676 g/mol. The fourth-order valence-electron chi connectivity index (χ4n) is 5.10. The smallest absolute Gasteiger partial charge is 0.462 e. The van der Waals surface area contributed by atoms with E-state index in [1.54, 1.807) is 0 Å². The molecule has 0 aromatic carbocycles. The van der Waals surface area contributed by atoms with Gasteiger partial charge < -0.3 is 20.1 Å². The molecule has 10 heteroatoms. The van der Waals surface area contributed by atoms with Gasteiger partial charge in [0.2, 0.25) is 0 Å². The van der Waals surface area contributed by atoms with Gasteiger partial charge in [0.25, 0.3) is 0 Å². The molecule has 0 aromatic rings. The molecule has 46 heavy (non-hydrogen) atoms. The van der Waals surface area contributed by atoms with Crippen molar-refractivity contribution in [3.63, 3.8) is 0 Å². The molecule has 0 aliphatic rings. The van der Waals surface area contributed by atoms with E-state index in [2.05, 4.69) is 26.0 Å². The molecule has 0 aliphatic carbocycles. The number of unbranched alkanes of at least 4 members (excludes halogenated alkanes) is 20. The molecule has 0 bridgehead atoms. The summed E-state index contributed by atoms with van der Waals surface area (Å²) in [5, 5.41) is 0. The van der Waals surface area contributed by atoms with E-state index >= 15 is 0 Å². The second-order valence-electron chi connectivity index (χ2n) is 12.4. The van der Waals surface area contributed by atoms with Crippen LogP contribution in [0.1, 0.15) is 174 Å². The van der Waals surface area contributed by atoms with Crippen LogP contribution < -0.4 is 5.73 Å². The van der Waals surface area contributed by atoms with Gasteiger partial charge in [0.15, 0.2) is 6.10 Å². The molecule has 0 heterocycles. The Hall–Kier alpha value is -1.25. The zero-order chi connectivity index (χ0) is 34.0. The summed E-state index contributed by atoms with van der Waals surface area (Å²) < 4.78 is 32.6. The van der Waals surface area contributed by atoms with Gasteiger partial charge in [-0.15, -0.1) is 0 Å². The lowest BCUT2D eigenvalue weighted by molar-refractivity contribution is -0.161. The number of rotatable bonds is 35. The number of ether oxygens (including phenoxy) is 2. The van der Waals surface area contributed by atoms with Gasteiger partial charge in [-0.25, -0.2) is 4.57 Å². The summed E-state index contributed by atoms with van der Waals surface area (Å²) in [6, 6.07) is 0. The number of nitrogens with two attached hydrogens (primary N) is 1. The first-order chi connectivity index (χ1) is 22.3. The highest BCUT2D eigenvalue weighted by molar-refractivity contribution is 7.47. The lowest BCUT2D eigenvalue weighted by Crippen LogP contribution is -2.29. The molecular formula is C36H70NO8P. The van der Waals surface area contributed by atoms with E-state index < -0.39 is 26.5 Å². The van der Waals surface area contributed by atoms with Gasteiger partial charge in [0.1, 0.15) is 6.61 Å². The van der Waals surface area contributed by atoms with Crippen LogP contribution in [0.4, 0.5) is 0 Å². The second kappa shape index (κ2) is 33.6. The zero-order valence-corrected chi connectivity index (χ0v) is 30.5. The van der Waals surface area contributed by atoms with E-state index in [0.717, 1.165) is 38.5 Å². The van der Waals surface area contributed by atoms with Crippen LogP contribution in [0.15, 0.2) is 12.2 Å². The molecule has 2 atom stereocenters. The molecule has 272 valence electrons. The number of allylic oxidation sites excluding steroid dienone is 2. The largest absolute Gasteiger partial charge is 0.472 e. The molecule has 0 rings (SSSR count). The zero-order valence-electron chi connectivity index (χ0n) is 29.6. The highest BCUT2D eigenvalue weighted by Crippen LogP contribution is 2.43. The Morgan fingerprint density at radius 1 is 0.630 bits per heavy atom. The predicted molar refractivity (Wildman–Crippen MR) is 188 cm³/mol. The Balaban J connectivity index is 4.25. The molecule has 0 radical (unpaired) electrons. The number of phosphoric acid groups is 1. The van der Waals surface area contributed by atoms with E-state index in [9.17, 15) is 19.0 Å². The van der Waals surface area contributed by atoms with Crippen molar-refractivity contribution in [2.75, 3.05) is 26.4 Å². The van der Waals surface area contributed by atoms with Crippen molar-refractivity contribution in [3.05, 3.63) is 12.2 Å². The van der Waals surface area contributed by atoms with Crippen LogP contribution in [0, 0.1) is 0 Å². The summed E-state index contributed by atoms with van der Waals surface area (Å²) in [5.74, 6) is -0.852. The third-order valence-electron chi connectivity index (χ3n) is 7.90. The van der Waals surface area contributed by atoms with Gasteiger partial charge >= 0.3 is 19.8 Å². The Kier molecular flexibility index (Phi) is 32.7. The molecule has 0 aromatic heterocycles. The van der Waals surface area contributed by atoms with E-state index in [4.69, 9.17) is 24.3 Å². The van der Waals surface area contributed by atoms with Crippen molar-refractivity contribution in [2.24, 2.45) is 5.73 Å². The molecule has 0 fully saturated rings. The van der Waals surface area contributed by atoms with E-state index in [0.29, 0.717) is 6.42 Å². The van der Waals surface area contributed by atoms with Crippen LogP contribution in [-0.2, 0) is 32.7 Å². The Morgan fingerprint density at radius 3 is 1.59 bits per heavy atom. The average Bonchev–Trinajstić information content (AvgIpc) is 3.04. The van der Waals surface area contributed by atoms with E-state index in [1.165, 1.54) is 103 Å². The van der Waals surface area contributed by atoms with Gasteiger partial charge in [0.05, 0.1) is 13.2 Å². The topological polar surface area (TPSA) is 134 Å². The van der Waals surface area contributed by atoms with E-state index in [-0.39, 0.29) is 38.6 Å². The monoisotopic (exact) mass is 675 g/mol. The number of esters is 2. The first kappa shape index (κ1) is 44.8. The van der Waals surface area contributed by atoms with Crippen molar-refractivity contribution >= 4 is 19.8 Å². The molecule has 0 spiro atoms. The van der Waals surface area contributed by atoms with E-state index in [1.807, 2.05) is 0 Å². The fourth-order valence-corrected chi connectivity index (χ4v) is 5.86. The third kappa shape index (κ3) is 32.7. The quantitative estimate of drug-likeness (QED) is 0.0291. The maximum absolute atomic E-state index is 12.5. The lowest BCUT2D eigenvalue weighted by atomic mass is 10.1. The summed E-state index contributed by atoms with van der Waals surface area (Å²) in [7, 11) is -4.37. The van der Waals surface area contributed by atoms with Gasteiger partial charge in [0, 0.05) is 19.4 Å². The summed E-state index contributed by atoms with van der Waals surface area (Å²) in [4.78, 5) is 34.6.